The molecular weight excluding hydrogens is 354 g/mol. The summed E-state index contributed by atoms with van der Waals surface area (Å²) in [6.45, 7) is 4.50. The van der Waals surface area contributed by atoms with Gasteiger partial charge in [0.2, 0.25) is 5.91 Å². The maximum Gasteiger partial charge on any atom is 0.329 e. The first-order valence-electron chi connectivity index (χ1n) is 9.50. The van der Waals surface area contributed by atoms with E-state index in [1.807, 2.05) is 62.4 Å². The maximum atomic E-state index is 12.8. The fraction of sp³-hybridized carbons (Fsp3) is 0.286. The van der Waals surface area contributed by atoms with Crippen LogP contribution in [0, 0.1) is 0 Å². The number of aromatic amines is 1. The molecule has 4 aromatic rings. The van der Waals surface area contributed by atoms with E-state index in [0.717, 1.165) is 28.5 Å². The number of carbonyl (C=O) groups is 1. The Morgan fingerprint density at radius 1 is 1.11 bits per heavy atom. The van der Waals surface area contributed by atoms with Crippen LogP contribution in [-0.2, 0) is 17.9 Å². The van der Waals surface area contributed by atoms with Crippen LogP contribution in [0.25, 0.3) is 22.1 Å². The van der Waals surface area contributed by atoms with Gasteiger partial charge in [-0.25, -0.2) is 9.78 Å². The Morgan fingerprint density at radius 2 is 1.79 bits per heavy atom. The van der Waals surface area contributed by atoms with E-state index in [9.17, 15) is 9.59 Å². The van der Waals surface area contributed by atoms with Crippen molar-refractivity contribution in [1.29, 1.82) is 0 Å². The average Bonchev–Trinajstić information content (AvgIpc) is 3.24. The third-order valence-electron chi connectivity index (χ3n) is 4.87. The quantitative estimate of drug-likeness (QED) is 0.542. The first kappa shape index (κ1) is 18.0. The van der Waals surface area contributed by atoms with Crippen LogP contribution >= 0.6 is 0 Å². The largest absolute Gasteiger partial charge is 0.345 e. The van der Waals surface area contributed by atoms with Gasteiger partial charge in [-0.15, -0.1) is 0 Å². The first-order valence-corrected chi connectivity index (χ1v) is 9.50. The van der Waals surface area contributed by atoms with Gasteiger partial charge in [-0.05, 0) is 37.6 Å². The molecule has 7 nitrogen and oxygen atoms in total. The molecule has 0 aliphatic heterocycles. The van der Waals surface area contributed by atoms with E-state index in [0.29, 0.717) is 12.4 Å². The number of fused-ring (bicyclic) bond motifs is 2. The van der Waals surface area contributed by atoms with Crippen molar-refractivity contribution in [2.24, 2.45) is 0 Å². The van der Waals surface area contributed by atoms with Gasteiger partial charge in [0, 0.05) is 6.54 Å². The molecule has 7 heteroatoms. The number of H-pyrrole nitrogens is 1. The summed E-state index contributed by atoms with van der Waals surface area (Å²) in [6.07, 6.45) is 0.850. The molecule has 144 valence electrons. The average molecular weight is 377 g/mol. The van der Waals surface area contributed by atoms with E-state index >= 15 is 0 Å². The smallest absolute Gasteiger partial charge is 0.329 e. The Kier molecular flexibility index (Phi) is 4.73. The molecule has 2 heterocycles. The molecule has 28 heavy (non-hydrogen) atoms. The summed E-state index contributed by atoms with van der Waals surface area (Å²) in [5, 5.41) is 2.94. The summed E-state index contributed by atoms with van der Waals surface area (Å²) < 4.78 is 3.26. The standard InChI is InChI=1S/C21H23N5O2/c1-3-12-25-17-10-6-7-11-18(17)26(21(25)28)13-19(27)22-14(2)20-23-15-8-4-5-9-16(15)24-20/h4-11,14H,3,12-13H2,1-2H3,(H,22,27)(H,23,24). The van der Waals surface area contributed by atoms with E-state index in [-0.39, 0.29) is 24.2 Å². The van der Waals surface area contributed by atoms with Crippen molar-refractivity contribution in [3.63, 3.8) is 0 Å². The van der Waals surface area contributed by atoms with Crippen LogP contribution < -0.4 is 11.0 Å². The lowest BCUT2D eigenvalue weighted by Crippen LogP contribution is -2.34. The van der Waals surface area contributed by atoms with Gasteiger partial charge >= 0.3 is 5.69 Å². The van der Waals surface area contributed by atoms with E-state index < -0.39 is 0 Å². The second kappa shape index (κ2) is 7.34. The van der Waals surface area contributed by atoms with E-state index in [4.69, 9.17) is 0 Å². The predicted molar refractivity (Wildman–Crippen MR) is 109 cm³/mol. The van der Waals surface area contributed by atoms with Crippen molar-refractivity contribution >= 4 is 28.0 Å². The lowest BCUT2D eigenvalue weighted by atomic mass is 10.3. The summed E-state index contributed by atoms with van der Waals surface area (Å²) in [5.41, 5.74) is 3.25. The zero-order chi connectivity index (χ0) is 19.7. The second-order valence-corrected chi connectivity index (χ2v) is 6.94. The number of carbonyl (C=O) groups excluding carboxylic acids is 1. The number of nitrogens with one attached hydrogen (secondary N) is 2. The highest BCUT2D eigenvalue weighted by Crippen LogP contribution is 2.16. The third-order valence-corrected chi connectivity index (χ3v) is 4.87. The molecule has 0 radical (unpaired) electrons. The fourth-order valence-corrected chi connectivity index (χ4v) is 3.54. The van der Waals surface area contributed by atoms with Crippen molar-refractivity contribution in [3.8, 4) is 0 Å². The van der Waals surface area contributed by atoms with Gasteiger partial charge in [-0.1, -0.05) is 31.2 Å². The van der Waals surface area contributed by atoms with E-state index in [2.05, 4.69) is 15.3 Å². The molecule has 2 N–H and O–H groups in total. The van der Waals surface area contributed by atoms with Crippen molar-refractivity contribution in [2.75, 3.05) is 0 Å². The molecule has 0 saturated heterocycles. The number of rotatable bonds is 6. The number of amides is 1. The Hall–Kier alpha value is -3.35. The summed E-state index contributed by atoms with van der Waals surface area (Å²) in [7, 11) is 0. The Balaban J connectivity index is 1.57. The number of para-hydroxylation sites is 4. The summed E-state index contributed by atoms with van der Waals surface area (Å²) in [4.78, 5) is 33.2. The summed E-state index contributed by atoms with van der Waals surface area (Å²) >= 11 is 0. The molecule has 0 fully saturated rings. The SMILES string of the molecule is CCCn1c(=O)n(CC(=O)NC(C)c2nc3ccccc3[nH]2)c2ccccc21. The van der Waals surface area contributed by atoms with Crippen molar-refractivity contribution in [3.05, 3.63) is 64.8 Å². The van der Waals surface area contributed by atoms with E-state index in [1.165, 1.54) is 4.57 Å². The monoisotopic (exact) mass is 377 g/mol. The van der Waals surface area contributed by atoms with Crippen molar-refractivity contribution in [1.82, 2.24) is 24.4 Å². The number of hydrogen-bond acceptors (Lipinski definition) is 3. The Labute approximate surface area is 162 Å². The highest BCUT2D eigenvalue weighted by Gasteiger charge is 2.17. The molecule has 1 unspecified atom stereocenters. The molecule has 0 aliphatic carbocycles. The van der Waals surface area contributed by atoms with Gasteiger partial charge < -0.3 is 10.3 Å². The molecule has 0 spiro atoms. The molecular formula is C21H23N5O2. The Bertz CT molecular complexity index is 1170. The van der Waals surface area contributed by atoms with E-state index in [1.54, 1.807) is 4.57 Å². The highest BCUT2D eigenvalue weighted by molar-refractivity contribution is 5.81. The highest BCUT2D eigenvalue weighted by atomic mass is 16.2. The number of aryl methyl sites for hydroxylation is 1. The number of nitrogens with zero attached hydrogens (tertiary/aromatic N) is 3. The van der Waals surface area contributed by atoms with Crippen LogP contribution in [0.3, 0.4) is 0 Å². The lowest BCUT2D eigenvalue weighted by molar-refractivity contribution is -0.122. The molecule has 1 atom stereocenters. The third kappa shape index (κ3) is 3.19. The molecule has 4 rings (SSSR count). The first-order chi connectivity index (χ1) is 13.6. The van der Waals surface area contributed by atoms with Gasteiger partial charge in [-0.3, -0.25) is 13.9 Å². The van der Waals surface area contributed by atoms with Crippen LogP contribution in [0.1, 0.15) is 32.1 Å². The van der Waals surface area contributed by atoms with Crippen LogP contribution in [0.15, 0.2) is 53.3 Å². The van der Waals surface area contributed by atoms with Gasteiger partial charge in [0.25, 0.3) is 0 Å². The lowest BCUT2D eigenvalue weighted by Gasteiger charge is -2.12. The normalized spacial score (nSPS) is 12.5. The van der Waals surface area contributed by atoms with Crippen molar-refractivity contribution in [2.45, 2.75) is 39.4 Å². The fourth-order valence-electron chi connectivity index (χ4n) is 3.54. The van der Waals surface area contributed by atoms with Gasteiger partial charge in [-0.2, -0.15) is 0 Å². The zero-order valence-electron chi connectivity index (χ0n) is 16.0. The minimum absolute atomic E-state index is 0.0272. The number of benzene rings is 2. The van der Waals surface area contributed by atoms with Crippen LogP contribution in [0.4, 0.5) is 0 Å². The topological polar surface area (TPSA) is 84.7 Å². The van der Waals surface area contributed by atoms with Gasteiger partial charge in [0.15, 0.2) is 0 Å². The minimum Gasteiger partial charge on any atom is -0.345 e. The number of imidazole rings is 2. The number of aromatic nitrogens is 4. The molecule has 0 bridgehead atoms. The summed E-state index contributed by atoms with van der Waals surface area (Å²) in [6, 6.07) is 15.0. The molecule has 2 aromatic heterocycles. The second-order valence-electron chi connectivity index (χ2n) is 6.94. The van der Waals surface area contributed by atoms with Gasteiger partial charge in [0.1, 0.15) is 12.4 Å². The molecule has 0 saturated carbocycles. The molecule has 1 amide bonds. The Morgan fingerprint density at radius 3 is 2.50 bits per heavy atom. The van der Waals surface area contributed by atoms with Gasteiger partial charge in [0.05, 0.1) is 28.1 Å². The van der Waals surface area contributed by atoms with Crippen molar-refractivity contribution < 1.29 is 4.79 Å². The van der Waals surface area contributed by atoms with Crippen LogP contribution in [0.5, 0.6) is 0 Å². The zero-order valence-corrected chi connectivity index (χ0v) is 16.0. The molecule has 0 aliphatic rings. The van der Waals surface area contributed by atoms with Crippen LogP contribution in [0.2, 0.25) is 0 Å². The molecule has 2 aromatic carbocycles. The number of hydrogen-bond donors (Lipinski definition) is 2. The summed E-state index contributed by atoms with van der Waals surface area (Å²) in [5.74, 6) is 0.463. The maximum absolute atomic E-state index is 12.8. The predicted octanol–water partition coefficient (Wildman–Crippen LogP) is 2.97. The minimum atomic E-state index is -0.292. The van der Waals surface area contributed by atoms with Crippen LogP contribution in [-0.4, -0.2) is 25.0 Å².